The standard InChI is InChI=1S/C27H30O14/c1-9-16(28)21(33)23(35)26(39-9)38-8-14-19(31)22(34)24(36)27(41-14)40-13-7-12-15(25(37-2)20(13)32)18(30)11-6-4-3-5-10(11)17(12)29/h3-7,9,14,16,19,21-24,26-28,31-36H,8H2,1-2H3. The van der Waals surface area contributed by atoms with E-state index in [1.807, 2.05) is 0 Å². The Morgan fingerprint density at radius 3 is 2.05 bits per heavy atom. The molecule has 14 heteroatoms. The molecule has 2 saturated heterocycles. The van der Waals surface area contributed by atoms with Crippen molar-refractivity contribution in [2.24, 2.45) is 0 Å². The Balaban J connectivity index is 1.39. The lowest BCUT2D eigenvalue weighted by Crippen LogP contribution is -2.61. The lowest BCUT2D eigenvalue weighted by molar-refractivity contribution is -0.318. The number of ketones is 2. The van der Waals surface area contributed by atoms with Crippen LogP contribution in [0.4, 0.5) is 0 Å². The lowest BCUT2D eigenvalue weighted by Gasteiger charge is -2.42. The van der Waals surface area contributed by atoms with E-state index in [0.29, 0.717) is 0 Å². The smallest absolute Gasteiger partial charge is 0.229 e. The van der Waals surface area contributed by atoms with Crippen molar-refractivity contribution in [2.45, 2.75) is 68.3 Å². The van der Waals surface area contributed by atoms with E-state index < -0.39 is 91.1 Å². The number of rotatable bonds is 6. The molecule has 2 aliphatic heterocycles. The molecule has 0 saturated carbocycles. The molecule has 0 amide bonds. The van der Waals surface area contributed by atoms with Gasteiger partial charge >= 0.3 is 0 Å². The number of carbonyl (C=O) groups excluding carboxylic acids is 2. The first-order chi connectivity index (χ1) is 19.5. The van der Waals surface area contributed by atoms with Gasteiger partial charge in [0.2, 0.25) is 12.0 Å². The van der Waals surface area contributed by atoms with Crippen LogP contribution in [0.3, 0.4) is 0 Å². The first-order valence-corrected chi connectivity index (χ1v) is 12.8. The second kappa shape index (κ2) is 11.2. The normalized spacial score (nSPS) is 35.0. The Bertz CT molecular complexity index is 1330. The van der Waals surface area contributed by atoms with Gasteiger partial charge in [0.1, 0.15) is 42.7 Å². The minimum Gasteiger partial charge on any atom is -0.502 e. The molecule has 10 atom stereocenters. The van der Waals surface area contributed by atoms with Crippen LogP contribution in [-0.4, -0.2) is 122 Å². The Kier molecular flexibility index (Phi) is 8.04. The monoisotopic (exact) mass is 578 g/mol. The number of phenols is 1. The maximum atomic E-state index is 13.2. The molecular weight excluding hydrogens is 548 g/mol. The van der Waals surface area contributed by atoms with E-state index in [1.165, 1.54) is 26.2 Å². The number of hydrogen-bond acceptors (Lipinski definition) is 14. The zero-order valence-corrected chi connectivity index (χ0v) is 21.9. The molecule has 222 valence electrons. The molecular formula is C27H30O14. The molecule has 10 unspecified atom stereocenters. The Morgan fingerprint density at radius 2 is 1.39 bits per heavy atom. The molecule has 7 N–H and O–H groups in total. The summed E-state index contributed by atoms with van der Waals surface area (Å²) in [6.45, 7) is 0.910. The van der Waals surface area contributed by atoms with Gasteiger partial charge < -0.3 is 59.4 Å². The number of ether oxygens (including phenoxy) is 5. The number of phenolic OH excluding ortho intramolecular Hbond substituents is 1. The second-order valence-electron chi connectivity index (χ2n) is 10.0. The molecule has 0 aromatic heterocycles. The van der Waals surface area contributed by atoms with Gasteiger partial charge in [-0.1, -0.05) is 24.3 Å². The maximum absolute atomic E-state index is 13.2. The minimum atomic E-state index is -1.85. The largest absolute Gasteiger partial charge is 0.502 e. The molecule has 2 fully saturated rings. The molecule has 3 aliphatic rings. The first-order valence-electron chi connectivity index (χ1n) is 12.8. The zero-order chi connectivity index (χ0) is 29.7. The highest BCUT2D eigenvalue weighted by molar-refractivity contribution is 6.29. The summed E-state index contributed by atoms with van der Waals surface area (Å²) < 4.78 is 27.3. The van der Waals surface area contributed by atoms with Crippen LogP contribution >= 0.6 is 0 Å². The number of fused-ring (bicyclic) bond motifs is 2. The van der Waals surface area contributed by atoms with Crippen LogP contribution < -0.4 is 9.47 Å². The molecule has 0 spiro atoms. The molecule has 5 rings (SSSR count). The Morgan fingerprint density at radius 1 is 0.780 bits per heavy atom. The molecule has 0 bridgehead atoms. The van der Waals surface area contributed by atoms with E-state index >= 15 is 0 Å². The summed E-state index contributed by atoms with van der Waals surface area (Å²) in [4.78, 5) is 26.4. The molecule has 41 heavy (non-hydrogen) atoms. The van der Waals surface area contributed by atoms with Gasteiger partial charge in [-0.25, -0.2) is 0 Å². The van der Waals surface area contributed by atoms with Gasteiger partial charge in [-0.05, 0) is 13.0 Å². The van der Waals surface area contributed by atoms with E-state index in [0.717, 1.165) is 6.07 Å². The highest BCUT2D eigenvalue weighted by Crippen LogP contribution is 2.45. The van der Waals surface area contributed by atoms with Gasteiger partial charge in [-0.3, -0.25) is 9.59 Å². The van der Waals surface area contributed by atoms with Crippen LogP contribution in [0.1, 0.15) is 38.8 Å². The van der Waals surface area contributed by atoms with Gasteiger partial charge in [0.05, 0.1) is 25.4 Å². The third-order valence-electron chi connectivity index (χ3n) is 7.46. The number of aromatic hydroxyl groups is 1. The van der Waals surface area contributed by atoms with Crippen molar-refractivity contribution in [1.29, 1.82) is 0 Å². The fraction of sp³-hybridized carbons (Fsp3) is 0.481. The Hall–Kier alpha value is -3.18. The zero-order valence-electron chi connectivity index (χ0n) is 21.9. The van der Waals surface area contributed by atoms with Gasteiger partial charge in [-0.2, -0.15) is 0 Å². The minimum absolute atomic E-state index is 0.130. The number of aliphatic hydroxyl groups excluding tert-OH is 6. The van der Waals surface area contributed by atoms with Crippen molar-refractivity contribution in [3.05, 3.63) is 52.6 Å². The summed E-state index contributed by atoms with van der Waals surface area (Å²) in [7, 11) is 1.18. The Labute approximate surface area is 232 Å². The summed E-state index contributed by atoms with van der Waals surface area (Å²) >= 11 is 0. The fourth-order valence-corrected chi connectivity index (χ4v) is 5.09. The van der Waals surface area contributed by atoms with Gasteiger partial charge in [-0.15, -0.1) is 0 Å². The third kappa shape index (κ3) is 4.97. The van der Waals surface area contributed by atoms with Crippen LogP contribution in [-0.2, 0) is 14.2 Å². The molecule has 14 nitrogen and oxygen atoms in total. The second-order valence-corrected chi connectivity index (χ2v) is 10.0. The lowest BCUT2D eigenvalue weighted by atomic mass is 9.83. The van der Waals surface area contributed by atoms with Crippen molar-refractivity contribution in [1.82, 2.24) is 0 Å². The number of benzene rings is 2. The quantitative estimate of drug-likeness (QED) is 0.172. The summed E-state index contributed by atoms with van der Waals surface area (Å²) in [5, 5.41) is 72.4. The van der Waals surface area contributed by atoms with Crippen molar-refractivity contribution in [3.8, 4) is 17.2 Å². The van der Waals surface area contributed by atoms with Crippen molar-refractivity contribution < 1.29 is 69.0 Å². The highest BCUT2D eigenvalue weighted by Gasteiger charge is 2.48. The van der Waals surface area contributed by atoms with Crippen LogP contribution in [0.2, 0.25) is 0 Å². The van der Waals surface area contributed by atoms with E-state index in [4.69, 9.17) is 23.7 Å². The van der Waals surface area contributed by atoms with E-state index in [2.05, 4.69) is 0 Å². The topological polar surface area (TPSA) is 222 Å². The molecule has 0 radical (unpaired) electrons. The van der Waals surface area contributed by atoms with Crippen LogP contribution in [0, 0.1) is 0 Å². The van der Waals surface area contributed by atoms with Crippen molar-refractivity contribution in [2.75, 3.05) is 13.7 Å². The van der Waals surface area contributed by atoms with Crippen molar-refractivity contribution >= 4 is 11.6 Å². The first kappa shape index (κ1) is 29.3. The number of aliphatic hydroxyl groups is 6. The SMILES string of the molecule is COc1c(O)c(OC2OC(COC3OC(C)C(O)C(O)C3O)C(O)C(O)C2O)cc2c1C(=O)c1ccccc1C2=O. The van der Waals surface area contributed by atoms with Crippen LogP contribution in [0.25, 0.3) is 0 Å². The van der Waals surface area contributed by atoms with E-state index in [1.54, 1.807) is 12.1 Å². The van der Waals surface area contributed by atoms with Crippen LogP contribution in [0.15, 0.2) is 30.3 Å². The third-order valence-corrected chi connectivity index (χ3v) is 7.46. The van der Waals surface area contributed by atoms with E-state index in [-0.39, 0.29) is 28.0 Å². The van der Waals surface area contributed by atoms with Gasteiger partial charge in [0.15, 0.2) is 29.4 Å². The van der Waals surface area contributed by atoms with Gasteiger partial charge in [0.25, 0.3) is 0 Å². The molecule has 1 aliphatic carbocycles. The molecule has 2 aromatic rings. The molecule has 2 aromatic carbocycles. The maximum Gasteiger partial charge on any atom is 0.229 e. The predicted molar refractivity (Wildman–Crippen MR) is 134 cm³/mol. The van der Waals surface area contributed by atoms with E-state index in [9.17, 15) is 45.3 Å². The van der Waals surface area contributed by atoms with Gasteiger partial charge in [0, 0.05) is 16.7 Å². The number of hydrogen-bond donors (Lipinski definition) is 7. The summed E-state index contributed by atoms with van der Waals surface area (Å²) in [5.41, 5.74) is -0.0544. The highest BCUT2D eigenvalue weighted by atomic mass is 16.7. The summed E-state index contributed by atoms with van der Waals surface area (Å²) in [6, 6.07) is 7.21. The average Bonchev–Trinajstić information content (AvgIpc) is 2.97. The fourth-order valence-electron chi connectivity index (χ4n) is 5.09. The number of methoxy groups -OCH3 is 1. The predicted octanol–water partition coefficient (Wildman–Crippen LogP) is -1.79. The van der Waals surface area contributed by atoms with Crippen LogP contribution in [0.5, 0.6) is 17.2 Å². The number of carbonyl (C=O) groups is 2. The van der Waals surface area contributed by atoms with Crippen molar-refractivity contribution in [3.63, 3.8) is 0 Å². The summed E-state index contributed by atoms with van der Waals surface area (Å²) in [6.07, 6.45) is -15.4. The average molecular weight is 579 g/mol. The molecule has 2 heterocycles. The summed E-state index contributed by atoms with van der Waals surface area (Å²) in [5.74, 6) is -2.56.